The van der Waals surface area contributed by atoms with E-state index in [0.717, 1.165) is 18.0 Å². The number of nitrogens with one attached hydrogen (secondary N) is 1. The van der Waals surface area contributed by atoms with Gasteiger partial charge in [-0.15, -0.1) is 9.60 Å². The van der Waals surface area contributed by atoms with E-state index in [9.17, 15) is 9.28 Å². The van der Waals surface area contributed by atoms with E-state index in [2.05, 4.69) is 5.32 Å². The summed E-state index contributed by atoms with van der Waals surface area (Å²) in [6.45, 7) is 2.36. The van der Waals surface area contributed by atoms with Gasteiger partial charge in [0.1, 0.15) is 0 Å². The Labute approximate surface area is 65.5 Å². The molecule has 1 aliphatic heterocycles. The van der Waals surface area contributed by atoms with Crippen LogP contribution in [0.3, 0.4) is 0 Å². The van der Waals surface area contributed by atoms with Crippen LogP contribution in [-0.2, 0) is 4.79 Å². The van der Waals surface area contributed by atoms with E-state index in [1.165, 1.54) is 6.92 Å². The van der Waals surface area contributed by atoms with Gasteiger partial charge in [0, 0.05) is 26.1 Å². The zero-order valence-electron chi connectivity index (χ0n) is 6.64. The SMILES string of the molecule is CC(=O)NC1CCN(F)CC1. The maximum absolute atomic E-state index is 12.4. The summed E-state index contributed by atoms with van der Waals surface area (Å²) in [5.41, 5.74) is 0. The zero-order chi connectivity index (χ0) is 8.27. The summed E-state index contributed by atoms with van der Waals surface area (Å²) in [6, 6.07) is 0.180. The largest absolute Gasteiger partial charge is 0.354 e. The molecule has 1 heterocycles. The maximum atomic E-state index is 12.4. The molecule has 1 aliphatic rings. The molecule has 0 spiro atoms. The van der Waals surface area contributed by atoms with Crippen molar-refractivity contribution in [3.05, 3.63) is 0 Å². The van der Waals surface area contributed by atoms with E-state index in [-0.39, 0.29) is 11.9 Å². The third-order valence-corrected chi connectivity index (χ3v) is 1.85. The highest BCUT2D eigenvalue weighted by atomic mass is 19.2. The number of hydrogen-bond donors (Lipinski definition) is 1. The van der Waals surface area contributed by atoms with E-state index < -0.39 is 0 Å². The van der Waals surface area contributed by atoms with Crippen LogP contribution in [-0.4, -0.2) is 30.2 Å². The number of hydrogen-bond acceptors (Lipinski definition) is 2. The highest BCUT2D eigenvalue weighted by Crippen LogP contribution is 2.09. The summed E-state index contributed by atoms with van der Waals surface area (Å²) < 4.78 is 12.4. The Morgan fingerprint density at radius 2 is 2.09 bits per heavy atom. The van der Waals surface area contributed by atoms with E-state index in [1.807, 2.05) is 0 Å². The highest BCUT2D eigenvalue weighted by molar-refractivity contribution is 5.73. The van der Waals surface area contributed by atoms with E-state index in [4.69, 9.17) is 0 Å². The molecule has 0 saturated carbocycles. The molecule has 1 rings (SSSR count). The highest BCUT2D eigenvalue weighted by Gasteiger charge is 2.18. The first kappa shape index (κ1) is 8.46. The van der Waals surface area contributed by atoms with Gasteiger partial charge < -0.3 is 5.32 Å². The van der Waals surface area contributed by atoms with Crippen molar-refractivity contribution >= 4 is 5.91 Å². The van der Waals surface area contributed by atoms with Gasteiger partial charge in [0.25, 0.3) is 0 Å². The van der Waals surface area contributed by atoms with Crippen LogP contribution in [0.4, 0.5) is 4.48 Å². The standard InChI is InChI=1S/C7H13FN2O/c1-6(11)9-7-2-4-10(8)5-3-7/h7H,2-5H2,1H3,(H,9,11). The van der Waals surface area contributed by atoms with Gasteiger partial charge in [0.15, 0.2) is 0 Å². The van der Waals surface area contributed by atoms with Crippen molar-refractivity contribution in [1.29, 1.82) is 0 Å². The van der Waals surface area contributed by atoms with Gasteiger partial charge in [0.2, 0.25) is 5.91 Å². The molecular formula is C7H13FN2O. The molecule has 0 aromatic carbocycles. The lowest BCUT2D eigenvalue weighted by Crippen LogP contribution is -2.41. The fraction of sp³-hybridized carbons (Fsp3) is 0.857. The van der Waals surface area contributed by atoms with Crippen LogP contribution in [0.15, 0.2) is 0 Å². The number of rotatable bonds is 1. The molecule has 1 fully saturated rings. The van der Waals surface area contributed by atoms with Gasteiger partial charge in [-0.25, -0.2) is 0 Å². The fourth-order valence-corrected chi connectivity index (χ4v) is 1.28. The van der Waals surface area contributed by atoms with Crippen LogP contribution in [0, 0.1) is 0 Å². The minimum absolute atomic E-state index is 0.0256. The Hall–Kier alpha value is -0.640. The number of piperidine rings is 1. The van der Waals surface area contributed by atoms with Crippen molar-refractivity contribution in [3.8, 4) is 0 Å². The fourth-order valence-electron chi connectivity index (χ4n) is 1.28. The van der Waals surface area contributed by atoms with Crippen molar-refractivity contribution in [2.45, 2.75) is 25.8 Å². The molecule has 0 radical (unpaired) electrons. The van der Waals surface area contributed by atoms with Gasteiger partial charge in [-0.05, 0) is 12.8 Å². The predicted molar refractivity (Wildman–Crippen MR) is 39.5 cm³/mol. The van der Waals surface area contributed by atoms with Gasteiger partial charge >= 0.3 is 0 Å². The quantitative estimate of drug-likeness (QED) is 0.565. The number of halogens is 1. The van der Waals surface area contributed by atoms with Crippen molar-refractivity contribution in [2.75, 3.05) is 13.1 Å². The van der Waals surface area contributed by atoms with Crippen molar-refractivity contribution in [2.24, 2.45) is 0 Å². The van der Waals surface area contributed by atoms with Crippen LogP contribution in [0.25, 0.3) is 0 Å². The molecule has 0 unspecified atom stereocenters. The number of carbonyl (C=O) groups excluding carboxylic acids is 1. The zero-order valence-corrected chi connectivity index (χ0v) is 6.64. The molecule has 64 valence electrons. The summed E-state index contributed by atoms with van der Waals surface area (Å²) >= 11 is 0. The Balaban J connectivity index is 2.22. The summed E-state index contributed by atoms with van der Waals surface area (Å²) in [4.78, 5) is 10.6. The lowest BCUT2D eigenvalue weighted by atomic mass is 10.1. The molecule has 4 heteroatoms. The van der Waals surface area contributed by atoms with Gasteiger partial charge in [-0.2, -0.15) is 0 Å². The first-order valence-electron chi connectivity index (χ1n) is 3.86. The summed E-state index contributed by atoms with van der Waals surface area (Å²) in [5.74, 6) is -0.0256. The maximum Gasteiger partial charge on any atom is 0.217 e. The molecule has 11 heavy (non-hydrogen) atoms. The first-order valence-corrected chi connectivity index (χ1v) is 3.86. The molecule has 3 nitrogen and oxygen atoms in total. The molecule has 0 aromatic heterocycles. The van der Waals surface area contributed by atoms with Gasteiger partial charge in [-0.3, -0.25) is 4.79 Å². The molecule has 1 saturated heterocycles. The monoisotopic (exact) mass is 160 g/mol. The normalized spacial score (nSPS) is 21.6. The molecule has 1 N–H and O–H groups in total. The summed E-state index contributed by atoms with van der Waals surface area (Å²) in [6.07, 6.45) is 1.44. The van der Waals surface area contributed by atoms with E-state index in [1.54, 1.807) is 0 Å². The number of amides is 1. The second-order valence-electron chi connectivity index (χ2n) is 2.88. The smallest absolute Gasteiger partial charge is 0.217 e. The molecule has 0 aromatic rings. The Bertz CT molecular complexity index is 143. The van der Waals surface area contributed by atoms with E-state index in [0.29, 0.717) is 13.1 Å². The Kier molecular flexibility index (Phi) is 2.82. The molecule has 1 amide bonds. The third kappa shape index (κ3) is 2.84. The minimum Gasteiger partial charge on any atom is -0.354 e. The summed E-state index contributed by atoms with van der Waals surface area (Å²) in [5, 5.41) is 3.56. The Morgan fingerprint density at radius 1 is 1.55 bits per heavy atom. The lowest BCUT2D eigenvalue weighted by molar-refractivity contribution is -0.120. The van der Waals surface area contributed by atoms with E-state index >= 15 is 0 Å². The van der Waals surface area contributed by atoms with Crippen molar-refractivity contribution in [3.63, 3.8) is 0 Å². The summed E-state index contributed by atoms with van der Waals surface area (Å²) in [7, 11) is 0. The molecule has 0 aliphatic carbocycles. The molecular weight excluding hydrogens is 147 g/mol. The lowest BCUT2D eigenvalue weighted by Gasteiger charge is -2.25. The average Bonchev–Trinajstić information content (AvgIpc) is 1.93. The second kappa shape index (κ2) is 3.67. The molecule has 0 atom stereocenters. The topological polar surface area (TPSA) is 32.3 Å². The third-order valence-electron chi connectivity index (χ3n) is 1.85. The van der Waals surface area contributed by atoms with Gasteiger partial charge in [0.05, 0.1) is 0 Å². The van der Waals surface area contributed by atoms with Gasteiger partial charge in [-0.1, -0.05) is 0 Å². The second-order valence-corrected chi connectivity index (χ2v) is 2.88. The average molecular weight is 160 g/mol. The van der Waals surface area contributed by atoms with Crippen molar-refractivity contribution < 1.29 is 9.28 Å². The number of carbonyl (C=O) groups is 1. The van der Waals surface area contributed by atoms with Crippen LogP contribution in [0.5, 0.6) is 0 Å². The first-order chi connectivity index (χ1) is 5.18. The van der Waals surface area contributed by atoms with Crippen LogP contribution in [0.1, 0.15) is 19.8 Å². The Morgan fingerprint density at radius 3 is 2.55 bits per heavy atom. The predicted octanol–water partition coefficient (Wildman–Crippen LogP) is 0.471. The molecule has 0 bridgehead atoms. The number of nitrogens with zero attached hydrogens (tertiary/aromatic N) is 1. The van der Waals surface area contributed by atoms with Crippen molar-refractivity contribution in [1.82, 2.24) is 10.4 Å². The van der Waals surface area contributed by atoms with Crippen LogP contribution < -0.4 is 5.32 Å². The van der Waals surface area contributed by atoms with Crippen LogP contribution >= 0.6 is 0 Å². The minimum atomic E-state index is -0.0256. The van der Waals surface area contributed by atoms with Crippen LogP contribution in [0.2, 0.25) is 0 Å².